The average Bonchev–Trinajstić information content (AvgIpc) is 2.50. The van der Waals surface area contributed by atoms with E-state index in [1.807, 2.05) is 27.7 Å². The average molecular weight is 341 g/mol. The van der Waals surface area contributed by atoms with Gasteiger partial charge in [-0.2, -0.15) is 0 Å². The largest absolute Gasteiger partial charge is 0.469 e. The van der Waals surface area contributed by atoms with E-state index >= 15 is 0 Å². The molecule has 24 heavy (non-hydrogen) atoms. The fourth-order valence-electron chi connectivity index (χ4n) is 2.52. The van der Waals surface area contributed by atoms with Gasteiger partial charge in [0.25, 0.3) is 0 Å². The molecule has 3 atom stereocenters. The Morgan fingerprint density at radius 2 is 1.62 bits per heavy atom. The highest BCUT2D eigenvalue weighted by molar-refractivity contribution is 5.91. The van der Waals surface area contributed by atoms with Gasteiger partial charge in [-0.25, -0.2) is 0 Å². The van der Waals surface area contributed by atoms with E-state index in [1.165, 1.54) is 7.11 Å². The van der Waals surface area contributed by atoms with E-state index in [4.69, 9.17) is 0 Å². The van der Waals surface area contributed by atoms with Gasteiger partial charge in [-0.15, -0.1) is 0 Å². The molecular formula is C18H31NO5. The molecule has 0 fully saturated rings. The number of esters is 1. The van der Waals surface area contributed by atoms with Crippen molar-refractivity contribution in [3.05, 3.63) is 0 Å². The number of hydrogen-bond donors (Lipinski definition) is 1. The lowest BCUT2D eigenvalue weighted by Crippen LogP contribution is -2.44. The maximum Gasteiger partial charge on any atom is 0.306 e. The molecule has 6 nitrogen and oxygen atoms in total. The first-order valence-electron chi connectivity index (χ1n) is 8.47. The molecule has 0 aromatic carbocycles. The smallest absolute Gasteiger partial charge is 0.306 e. The van der Waals surface area contributed by atoms with E-state index in [-0.39, 0.29) is 36.4 Å². The number of nitrogens with one attached hydrogen (secondary N) is 1. The Kier molecular flexibility index (Phi) is 10.2. The van der Waals surface area contributed by atoms with Crippen LogP contribution in [0.2, 0.25) is 0 Å². The van der Waals surface area contributed by atoms with E-state index in [1.54, 1.807) is 6.92 Å². The monoisotopic (exact) mass is 341 g/mol. The van der Waals surface area contributed by atoms with Gasteiger partial charge >= 0.3 is 5.97 Å². The minimum absolute atomic E-state index is 0.0226. The minimum atomic E-state index is -0.689. The SMILES string of the molecule is COC(=O)C[C@H](C(=O)N[C@@H](C)C(=O)C[C@H](C=O)CC(C)C)C(C)C. The van der Waals surface area contributed by atoms with Gasteiger partial charge in [-0.1, -0.05) is 27.7 Å². The van der Waals surface area contributed by atoms with Crippen LogP contribution in [0.4, 0.5) is 0 Å². The van der Waals surface area contributed by atoms with Crippen LogP contribution in [0.15, 0.2) is 0 Å². The van der Waals surface area contributed by atoms with Crippen LogP contribution in [-0.4, -0.2) is 37.1 Å². The number of rotatable bonds is 11. The lowest BCUT2D eigenvalue weighted by Gasteiger charge is -2.22. The van der Waals surface area contributed by atoms with Crippen LogP contribution in [0.25, 0.3) is 0 Å². The molecule has 0 bridgehead atoms. The van der Waals surface area contributed by atoms with Crippen molar-refractivity contribution in [2.24, 2.45) is 23.7 Å². The second-order valence-electron chi connectivity index (χ2n) is 7.06. The Bertz CT molecular complexity index is 445. The summed E-state index contributed by atoms with van der Waals surface area (Å²) >= 11 is 0. The van der Waals surface area contributed by atoms with Crippen molar-refractivity contribution in [2.45, 2.75) is 59.9 Å². The normalized spacial score (nSPS) is 14.8. The third-order valence-electron chi connectivity index (χ3n) is 4.03. The number of carbonyl (C=O) groups excluding carboxylic acids is 4. The van der Waals surface area contributed by atoms with Crippen LogP contribution in [0, 0.1) is 23.7 Å². The Morgan fingerprint density at radius 1 is 1.04 bits per heavy atom. The first-order chi connectivity index (χ1) is 11.1. The van der Waals surface area contributed by atoms with Crippen molar-refractivity contribution in [1.29, 1.82) is 0 Å². The third kappa shape index (κ3) is 8.22. The first kappa shape index (κ1) is 22.3. The highest BCUT2D eigenvalue weighted by Crippen LogP contribution is 2.18. The molecule has 0 rings (SSSR count). The van der Waals surface area contributed by atoms with Crippen LogP contribution in [-0.2, 0) is 23.9 Å². The van der Waals surface area contributed by atoms with Crippen LogP contribution in [0.5, 0.6) is 0 Å². The maximum absolute atomic E-state index is 12.3. The Balaban J connectivity index is 4.72. The Labute approximate surface area is 144 Å². The van der Waals surface area contributed by atoms with Crippen molar-refractivity contribution in [1.82, 2.24) is 5.32 Å². The van der Waals surface area contributed by atoms with Gasteiger partial charge in [0, 0.05) is 12.3 Å². The molecule has 0 spiro atoms. The van der Waals surface area contributed by atoms with Crippen molar-refractivity contribution in [3.63, 3.8) is 0 Å². The summed E-state index contributed by atoms with van der Waals surface area (Å²) in [4.78, 5) is 47.1. The third-order valence-corrected chi connectivity index (χ3v) is 4.03. The van der Waals surface area contributed by atoms with E-state index in [0.29, 0.717) is 12.3 Å². The van der Waals surface area contributed by atoms with Gasteiger partial charge in [-0.05, 0) is 25.2 Å². The summed E-state index contributed by atoms with van der Waals surface area (Å²) in [6, 6.07) is -0.689. The molecule has 0 saturated carbocycles. The topological polar surface area (TPSA) is 89.5 Å². The van der Waals surface area contributed by atoms with Crippen molar-refractivity contribution in [2.75, 3.05) is 7.11 Å². The van der Waals surface area contributed by atoms with Gasteiger partial charge in [0.15, 0.2) is 5.78 Å². The zero-order valence-corrected chi connectivity index (χ0v) is 15.6. The van der Waals surface area contributed by atoms with Crippen LogP contribution in [0.3, 0.4) is 0 Å². The summed E-state index contributed by atoms with van der Waals surface area (Å²) in [5.41, 5.74) is 0. The molecule has 0 saturated heterocycles. The lowest BCUT2D eigenvalue weighted by molar-refractivity contribution is -0.145. The van der Waals surface area contributed by atoms with E-state index in [9.17, 15) is 19.2 Å². The van der Waals surface area contributed by atoms with Crippen LogP contribution in [0.1, 0.15) is 53.9 Å². The van der Waals surface area contributed by atoms with Gasteiger partial charge in [0.2, 0.25) is 5.91 Å². The second kappa shape index (κ2) is 10.9. The number of ether oxygens (including phenoxy) is 1. The summed E-state index contributed by atoms with van der Waals surface area (Å²) in [5.74, 6) is -1.60. The Morgan fingerprint density at radius 3 is 2.04 bits per heavy atom. The summed E-state index contributed by atoms with van der Waals surface area (Å²) in [6.07, 6.45) is 1.55. The molecule has 0 aromatic rings. The van der Waals surface area contributed by atoms with Crippen LogP contribution >= 0.6 is 0 Å². The number of carbonyl (C=O) groups is 4. The molecule has 6 heteroatoms. The number of amides is 1. The van der Waals surface area contributed by atoms with E-state index in [2.05, 4.69) is 10.1 Å². The molecule has 0 aromatic heterocycles. The number of Topliss-reactive ketones (excluding diaryl/α,β-unsaturated/α-hetero) is 1. The van der Waals surface area contributed by atoms with Crippen molar-refractivity contribution < 1.29 is 23.9 Å². The molecule has 0 heterocycles. The molecule has 1 amide bonds. The number of ketones is 1. The summed E-state index contributed by atoms with van der Waals surface area (Å²) in [6.45, 7) is 9.26. The molecule has 1 N–H and O–H groups in total. The summed E-state index contributed by atoms with van der Waals surface area (Å²) in [7, 11) is 1.28. The standard InChI is InChI=1S/C18H31NO5/c1-11(2)7-14(10-20)8-16(21)13(5)19-18(23)15(12(3)4)9-17(22)24-6/h10-15H,7-9H2,1-6H3,(H,19,23)/t13-,14+,15-/m0/s1. The predicted molar refractivity (Wildman–Crippen MR) is 91.2 cm³/mol. The number of hydrogen-bond acceptors (Lipinski definition) is 5. The summed E-state index contributed by atoms with van der Waals surface area (Å²) < 4.78 is 4.61. The second-order valence-corrected chi connectivity index (χ2v) is 7.06. The van der Waals surface area contributed by atoms with Gasteiger partial charge in [0.05, 0.1) is 25.5 Å². The fourth-order valence-corrected chi connectivity index (χ4v) is 2.52. The fraction of sp³-hybridized carbons (Fsp3) is 0.778. The molecule has 0 aliphatic carbocycles. The number of methoxy groups -OCH3 is 1. The number of aldehydes is 1. The molecule has 0 unspecified atom stereocenters. The molecule has 0 aliphatic rings. The van der Waals surface area contributed by atoms with Gasteiger partial charge in [0.1, 0.15) is 6.29 Å². The predicted octanol–water partition coefficient (Wildman–Crippen LogP) is 2.15. The molecule has 0 aliphatic heterocycles. The van der Waals surface area contributed by atoms with Crippen molar-refractivity contribution >= 4 is 23.9 Å². The molecule has 138 valence electrons. The zero-order chi connectivity index (χ0) is 18.9. The summed E-state index contributed by atoms with van der Waals surface area (Å²) in [5, 5.41) is 2.66. The maximum atomic E-state index is 12.3. The minimum Gasteiger partial charge on any atom is -0.469 e. The molecular weight excluding hydrogens is 310 g/mol. The highest BCUT2D eigenvalue weighted by Gasteiger charge is 2.28. The van der Waals surface area contributed by atoms with Crippen molar-refractivity contribution in [3.8, 4) is 0 Å². The first-order valence-corrected chi connectivity index (χ1v) is 8.47. The Hall–Kier alpha value is -1.72. The molecule has 0 radical (unpaired) electrons. The van der Waals surface area contributed by atoms with E-state index in [0.717, 1.165) is 6.29 Å². The van der Waals surface area contributed by atoms with E-state index < -0.39 is 17.9 Å². The highest BCUT2D eigenvalue weighted by atomic mass is 16.5. The quantitative estimate of drug-likeness (QED) is 0.459. The van der Waals surface area contributed by atoms with Gasteiger partial charge in [-0.3, -0.25) is 14.4 Å². The zero-order valence-electron chi connectivity index (χ0n) is 15.6. The lowest BCUT2D eigenvalue weighted by atomic mass is 9.90. The van der Waals surface area contributed by atoms with Gasteiger partial charge < -0.3 is 14.8 Å². The van der Waals surface area contributed by atoms with Crippen LogP contribution < -0.4 is 5.32 Å².